The summed E-state index contributed by atoms with van der Waals surface area (Å²) in [5.41, 5.74) is 2.60. The smallest absolute Gasteiger partial charge is 0.272 e. The van der Waals surface area contributed by atoms with Gasteiger partial charge in [-0.2, -0.15) is 5.10 Å². The van der Waals surface area contributed by atoms with Crippen molar-refractivity contribution in [3.05, 3.63) is 41.2 Å². The molecular weight excluding hydrogens is 318 g/mol. The van der Waals surface area contributed by atoms with Crippen molar-refractivity contribution in [2.45, 2.75) is 32.2 Å². The fourth-order valence-corrected chi connectivity index (χ4v) is 3.70. The van der Waals surface area contributed by atoms with Crippen LogP contribution in [0.15, 0.2) is 24.3 Å². The van der Waals surface area contributed by atoms with Gasteiger partial charge in [0.1, 0.15) is 5.69 Å². The molecule has 1 saturated heterocycles. The monoisotopic (exact) mass is 341 g/mol. The lowest BCUT2D eigenvalue weighted by atomic mass is 10.0. The molecule has 2 aliphatic heterocycles. The zero-order valence-corrected chi connectivity index (χ0v) is 14.7. The first kappa shape index (κ1) is 16.0. The maximum atomic E-state index is 13.0. The van der Waals surface area contributed by atoms with Crippen LogP contribution >= 0.6 is 0 Å². The molecule has 0 spiro atoms. The number of ether oxygens (including phenoxy) is 2. The first-order valence-corrected chi connectivity index (χ1v) is 8.84. The third-order valence-electron chi connectivity index (χ3n) is 4.89. The van der Waals surface area contributed by atoms with E-state index in [1.54, 1.807) is 4.68 Å². The molecule has 25 heavy (non-hydrogen) atoms. The molecule has 132 valence electrons. The van der Waals surface area contributed by atoms with Gasteiger partial charge < -0.3 is 14.4 Å². The second kappa shape index (κ2) is 6.43. The number of hydrogen-bond acceptors (Lipinski definition) is 4. The number of aromatic nitrogens is 2. The average molecular weight is 341 g/mol. The summed E-state index contributed by atoms with van der Waals surface area (Å²) in [5, 5.41) is 4.30. The summed E-state index contributed by atoms with van der Waals surface area (Å²) in [6.45, 7) is 4.02. The van der Waals surface area contributed by atoms with Gasteiger partial charge in [-0.05, 0) is 43.5 Å². The minimum absolute atomic E-state index is 0.0395. The fourth-order valence-electron chi connectivity index (χ4n) is 3.70. The average Bonchev–Trinajstić information content (AvgIpc) is 3.13. The quantitative estimate of drug-likeness (QED) is 0.843. The highest BCUT2D eigenvalue weighted by Gasteiger charge is 2.32. The molecule has 2 aliphatic rings. The standard InChI is InChI=1S/C19H23N3O3/c1-13-11-16(21(2)20-13)19(23)22-8-3-5-15(22)14-6-7-17-18(12-14)25-10-4-9-24-17/h6-7,11-12,15H,3-5,8-10H2,1-2H3/t15-/m1/s1. The van der Waals surface area contributed by atoms with E-state index in [4.69, 9.17) is 9.47 Å². The largest absolute Gasteiger partial charge is 0.490 e. The van der Waals surface area contributed by atoms with Crippen LogP contribution in [0.25, 0.3) is 0 Å². The Hall–Kier alpha value is -2.50. The lowest BCUT2D eigenvalue weighted by Gasteiger charge is -2.25. The molecule has 0 bridgehead atoms. The van der Waals surface area contributed by atoms with Gasteiger partial charge in [-0.15, -0.1) is 0 Å². The predicted molar refractivity (Wildman–Crippen MR) is 93.0 cm³/mol. The number of nitrogens with zero attached hydrogens (tertiary/aromatic N) is 3. The highest BCUT2D eigenvalue weighted by atomic mass is 16.5. The minimum Gasteiger partial charge on any atom is -0.490 e. The number of aryl methyl sites for hydroxylation is 2. The number of carbonyl (C=O) groups excluding carboxylic acids is 1. The normalized spacial score (nSPS) is 19.8. The molecule has 0 radical (unpaired) electrons. The molecule has 1 fully saturated rings. The van der Waals surface area contributed by atoms with E-state index in [1.807, 2.05) is 37.1 Å². The first-order valence-electron chi connectivity index (χ1n) is 8.84. The molecule has 3 heterocycles. The topological polar surface area (TPSA) is 56.6 Å². The second-order valence-electron chi connectivity index (χ2n) is 6.71. The Bertz CT molecular complexity index is 799. The van der Waals surface area contributed by atoms with Crippen molar-refractivity contribution in [3.63, 3.8) is 0 Å². The molecule has 6 nitrogen and oxygen atoms in total. The first-order chi connectivity index (χ1) is 12.1. The van der Waals surface area contributed by atoms with E-state index in [9.17, 15) is 4.79 Å². The lowest BCUT2D eigenvalue weighted by molar-refractivity contribution is 0.0724. The molecule has 4 rings (SSSR count). The molecule has 2 aromatic rings. The van der Waals surface area contributed by atoms with Crippen LogP contribution in [-0.2, 0) is 7.05 Å². The van der Waals surface area contributed by atoms with Crippen LogP contribution in [0.2, 0.25) is 0 Å². The van der Waals surface area contributed by atoms with Gasteiger partial charge in [0, 0.05) is 20.0 Å². The predicted octanol–water partition coefficient (Wildman–Crippen LogP) is 2.87. The number of amides is 1. The van der Waals surface area contributed by atoms with E-state index >= 15 is 0 Å². The van der Waals surface area contributed by atoms with E-state index in [1.165, 1.54) is 0 Å². The number of hydrogen-bond donors (Lipinski definition) is 0. The SMILES string of the molecule is Cc1cc(C(=O)N2CCC[C@@H]2c2ccc3c(c2)OCCCO3)n(C)n1. The van der Waals surface area contributed by atoms with Crippen molar-refractivity contribution in [1.29, 1.82) is 0 Å². The third-order valence-corrected chi connectivity index (χ3v) is 4.89. The fraction of sp³-hybridized carbons (Fsp3) is 0.474. The van der Waals surface area contributed by atoms with Crippen LogP contribution in [0.5, 0.6) is 11.5 Å². The van der Waals surface area contributed by atoms with Crippen LogP contribution in [0.4, 0.5) is 0 Å². The molecule has 0 saturated carbocycles. The molecule has 1 atom stereocenters. The maximum Gasteiger partial charge on any atom is 0.272 e. The summed E-state index contributed by atoms with van der Waals surface area (Å²) in [7, 11) is 1.82. The molecule has 1 aromatic carbocycles. The molecule has 0 aliphatic carbocycles. The summed E-state index contributed by atoms with van der Waals surface area (Å²) in [6, 6.07) is 7.97. The van der Waals surface area contributed by atoms with E-state index in [0.717, 1.165) is 48.6 Å². The van der Waals surface area contributed by atoms with Crippen LogP contribution < -0.4 is 9.47 Å². The number of fused-ring (bicyclic) bond motifs is 1. The summed E-state index contributed by atoms with van der Waals surface area (Å²) < 4.78 is 13.2. The van der Waals surface area contributed by atoms with Crippen molar-refractivity contribution in [3.8, 4) is 11.5 Å². The van der Waals surface area contributed by atoms with Crippen molar-refractivity contribution < 1.29 is 14.3 Å². The van der Waals surface area contributed by atoms with Crippen molar-refractivity contribution in [1.82, 2.24) is 14.7 Å². The Morgan fingerprint density at radius 1 is 1.16 bits per heavy atom. The second-order valence-corrected chi connectivity index (χ2v) is 6.71. The number of likely N-dealkylation sites (tertiary alicyclic amines) is 1. The molecule has 1 amide bonds. The van der Waals surface area contributed by atoms with E-state index in [-0.39, 0.29) is 11.9 Å². The van der Waals surface area contributed by atoms with Gasteiger partial charge >= 0.3 is 0 Å². The van der Waals surface area contributed by atoms with Gasteiger partial charge in [0.05, 0.1) is 24.9 Å². The molecule has 6 heteroatoms. The summed E-state index contributed by atoms with van der Waals surface area (Å²) >= 11 is 0. The third kappa shape index (κ3) is 2.97. The molecule has 1 aromatic heterocycles. The Kier molecular flexibility index (Phi) is 4.11. The van der Waals surface area contributed by atoms with Gasteiger partial charge in [-0.3, -0.25) is 9.48 Å². The van der Waals surface area contributed by atoms with Gasteiger partial charge in [0.2, 0.25) is 0 Å². The minimum atomic E-state index is 0.0395. The summed E-state index contributed by atoms with van der Waals surface area (Å²) in [5.74, 6) is 1.61. The summed E-state index contributed by atoms with van der Waals surface area (Å²) in [4.78, 5) is 15.0. The van der Waals surface area contributed by atoms with E-state index < -0.39 is 0 Å². The highest BCUT2D eigenvalue weighted by molar-refractivity contribution is 5.93. The lowest BCUT2D eigenvalue weighted by Crippen LogP contribution is -2.32. The zero-order valence-electron chi connectivity index (χ0n) is 14.7. The van der Waals surface area contributed by atoms with Crippen molar-refractivity contribution >= 4 is 5.91 Å². The van der Waals surface area contributed by atoms with Crippen LogP contribution in [0.1, 0.15) is 47.1 Å². The van der Waals surface area contributed by atoms with Crippen LogP contribution in [0, 0.1) is 6.92 Å². The Balaban J connectivity index is 1.62. The van der Waals surface area contributed by atoms with Gasteiger partial charge in [-0.25, -0.2) is 0 Å². The van der Waals surface area contributed by atoms with Gasteiger partial charge in [-0.1, -0.05) is 6.07 Å². The highest BCUT2D eigenvalue weighted by Crippen LogP contribution is 2.38. The van der Waals surface area contributed by atoms with Crippen LogP contribution in [0.3, 0.4) is 0 Å². The Morgan fingerprint density at radius 2 is 1.96 bits per heavy atom. The van der Waals surface area contributed by atoms with E-state index in [2.05, 4.69) is 11.2 Å². The number of carbonyl (C=O) groups is 1. The van der Waals surface area contributed by atoms with E-state index in [0.29, 0.717) is 18.9 Å². The molecular formula is C19H23N3O3. The van der Waals surface area contributed by atoms with Crippen LogP contribution in [-0.4, -0.2) is 40.3 Å². The maximum absolute atomic E-state index is 13.0. The molecule has 0 N–H and O–H groups in total. The van der Waals surface area contributed by atoms with Gasteiger partial charge in [0.25, 0.3) is 5.91 Å². The number of benzene rings is 1. The van der Waals surface area contributed by atoms with Gasteiger partial charge in [0.15, 0.2) is 11.5 Å². The Morgan fingerprint density at radius 3 is 2.72 bits per heavy atom. The summed E-state index contributed by atoms with van der Waals surface area (Å²) in [6.07, 6.45) is 2.85. The zero-order chi connectivity index (χ0) is 17.4. The Labute approximate surface area is 147 Å². The number of rotatable bonds is 2. The van der Waals surface area contributed by atoms with Crippen molar-refractivity contribution in [2.75, 3.05) is 19.8 Å². The molecule has 0 unspecified atom stereocenters. The van der Waals surface area contributed by atoms with Crippen molar-refractivity contribution in [2.24, 2.45) is 7.05 Å².